The maximum Gasteiger partial charge on any atom is 0.290 e. The SMILES string of the molecule is CC(=O)c1ccc(/C(C)=C2\SC(=O)NC2=O)cc1. The average Bonchev–Trinajstić information content (AvgIpc) is 2.67. The molecule has 5 heteroatoms. The first-order chi connectivity index (χ1) is 8.49. The summed E-state index contributed by atoms with van der Waals surface area (Å²) in [6, 6.07) is 6.97. The molecule has 1 aromatic rings. The summed E-state index contributed by atoms with van der Waals surface area (Å²) in [7, 11) is 0. The third-order valence-electron chi connectivity index (χ3n) is 2.68. The summed E-state index contributed by atoms with van der Waals surface area (Å²) in [5, 5.41) is 1.87. The highest BCUT2D eigenvalue weighted by molar-refractivity contribution is 8.18. The summed E-state index contributed by atoms with van der Waals surface area (Å²) >= 11 is 0.900. The molecule has 1 aliphatic heterocycles. The summed E-state index contributed by atoms with van der Waals surface area (Å²) in [6.07, 6.45) is 0. The van der Waals surface area contributed by atoms with Crippen LogP contribution < -0.4 is 5.32 Å². The van der Waals surface area contributed by atoms with Crippen molar-refractivity contribution in [2.75, 3.05) is 0 Å². The number of thioether (sulfide) groups is 1. The lowest BCUT2D eigenvalue weighted by Gasteiger charge is -2.04. The molecule has 1 N–H and O–H groups in total. The van der Waals surface area contributed by atoms with Crippen molar-refractivity contribution in [1.29, 1.82) is 0 Å². The van der Waals surface area contributed by atoms with E-state index in [0.29, 0.717) is 10.5 Å². The molecule has 2 rings (SSSR count). The minimum absolute atomic E-state index is 0.00461. The van der Waals surface area contributed by atoms with Crippen molar-refractivity contribution in [1.82, 2.24) is 5.32 Å². The molecule has 4 nitrogen and oxygen atoms in total. The quantitative estimate of drug-likeness (QED) is 0.656. The number of hydrogen-bond acceptors (Lipinski definition) is 4. The monoisotopic (exact) mass is 261 g/mol. The Morgan fingerprint density at radius 3 is 2.06 bits per heavy atom. The Hall–Kier alpha value is -1.88. The van der Waals surface area contributed by atoms with Gasteiger partial charge in [0.25, 0.3) is 11.1 Å². The highest BCUT2D eigenvalue weighted by Crippen LogP contribution is 2.31. The molecule has 1 fully saturated rings. The maximum atomic E-state index is 11.5. The molecule has 0 bridgehead atoms. The van der Waals surface area contributed by atoms with Gasteiger partial charge in [-0.1, -0.05) is 24.3 Å². The van der Waals surface area contributed by atoms with Gasteiger partial charge in [0.15, 0.2) is 5.78 Å². The van der Waals surface area contributed by atoms with Gasteiger partial charge < -0.3 is 0 Å². The topological polar surface area (TPSA) is 63.2 Å². The highest BCUT2D eigenvalue weighted by Gasteiger charge is 2.27. The molecule has 0 spiro atoms. The average molecular weight is 261 g/mol. The summed E-state index contributed by atoms with van der Waals surface area (Å²) in [5.74, 6) is -0.367. The fourth-order valence-electron chi connectivity index (χ4n) is 1.65. The summed E-state index contributed by atoms with van der Waals surface area (Å²) in [5.41, 5.74) is 2.18. The van der Waals surface area contributed by atoms with E-state index in [1.165, 1.54) is 6.92 Å². The van der Waals surface area contributed by atoms with Gasteiger partial charge in [-0.25, -0.2) is 0 Å². The van der Waals surface area contributed by atoms with E-state index in [2.05, 4.69) is 5.32 Å². The molecule has 0 radical (unpaired) electrons. The van der Waals surface area contributed by atoms with Crippen LogP contribution in [-0.2, 0) is 4.79 Å². The van der Waals surface area contributed by atoms with Crippen LogP contribution in [-0.4, -0.2) is 16.9 Å². The van der Waals surface area contributed by atoms with Gasteiger partial charge in [0.2, 0.25) is 0 Å². The minimum atomic E-state index is -0.363. The second-order valence-corrected chi connectivity index (χ2v) is 4.91. The molecular formula is C13H11NO3S. The molecule has 1 saturated heterocycles. The van der Waals surface area contributed by atoms with Gasteiger partial charge in [-0.15, -0.1) is 0 Å². The molecule has 1 aliphatic rings. The fourth-order valence-corrected chi connectivity index (χ4v) is 2.39. The zero-order valence-corrected chi connectivity index (χ0v) is 10.8. The number of Topliss-reactive ketones (excluding diaryl/α,β-unsaturated/α-hetero) is 1. The second kappa shape index (κ2) is 4.78. The van der Waals surface area contributed by atoms with Crippen LogP contribution in [0, 0.1) is 0 Å². The van der Waals surface area contributed by atoms with Crippen LogP contribution in [0.2, 0.25) is 0 Å². The van der Waals surface area contributed by atoms with Crippen LogP contribution >= 0.6 is 11.8 Å². The first kappa shape index (κ1) is 12.6. The van der Waals surface area contributed by atoms with Gasteiger partial charge in [0, 0.05) is 5.56 Å². The Balaban J connectivity index is 2.37. The standard InChI is InChI=1S/C13H11NO3S/c1-7(11-12(16)14-13(17)18-11)9-3-5-10(6-4-9)8(2)15/h3-6H,1-2H3,(H,14,16,17)/b11-7-. The largest absolute Gasteiger partial charge is 0.295 e. The summed E-state index contributed by atoms with van der Waals surface area (Å²) < 4.78 is 0. The van der Waals surface area contributed by atoms with Gasteiger partial charge in [-0.2, -0.15) is 0 Å². The lowest BCUT2D eigenvalue weighted by atomic mass is 10.0. The number of allylic oxidation sites excluding steroid dienone is 1. The number of ketones is 1. The molecule has 1 heterocycles. The van der Waals surface area contributed by atoms with Crippen LogP contribution in [0.15, 0.2) is 29.2 Å². The molecule has 0 unspecified atom stereocenters. The van der Waals surface area contributed by atoms with Crippen molar-refractivity contribution in [2.24, 2.45) is 0 Å². The zero-order chi connectivity index (χ0) is 13.3. The smallest absolute Gasteiger partial charge is 0.290 e. The van der Waals surface area contributed by atoms with E-state index in [4.69, 9.17) is 0 Å². The van der Waals surface area contributed by atoms with Crippen LogP contribution in [0.1, 0.15) is 29.8 Å². The lowest BCUT2D eigenvalue weighted by molar-refractivity contribution is -0.115. The van der Waals surface area contributed by atoms with E-state index < -0.39 is 0 Å². The number of benzene rings is 1. The Morgan fingerprint density at radius 1 is 1.06 bits per heavy atom. The number of hydrogen-bond donors (Lipinski definition) is 1. The summed E-state index contributed by atoms with van der Waals surface area (Å²) in [6.45, 7) is 3.28. The van der Waals surface area contributed by atoms with E-state index in [0.717, 1.165) is 22.9 Å². The van der Waals surface area contributed by atoms with Crippen LogP contribution in [0.25, 0.3) is 5.57 Å². The van der Waals surface area contributed by atoms with Crippen LogP contribution in [0.5, 0.6) is 0 Å². The number of carbonyl (C=O) groups excluding carboxylic acids is 3. The molecule has 0 aromatic heterocycles. The van der Waals surface area contributed by atoms with Crippen molar-refractivity contribution in [3.8, 4) is 0 Å². The van der Waals surface area contributed by atoms with Crippen LogP contribution in [0.4, 0.5) is 4.79 Å². The molecule has 18 heavy (non-hydrogen) atoms. The van der Waals surface area contributed by atoms with Gasteiger partial charge in [-0.3, -0.25) is 19.7 Å². The Kier molecular flexibility index (Phi) is 3.34. The first-order valence-corrected chi connectivity index (χ1v) is 6.16. The molecule has 0 aliphatic carbocycles. The maximum absolute atomic E-state index is 11.5. The van der Waals surface area contributed by atoms with Gasteiger partial charge in [0.05, 0.1) is 4.91 Å². The molecule has 1 aromatic carbocycles. The minimum Gasteiger partial charge on any atom is -0.295 e. The highest BCUT2D eigenvalue weighted by atomic mass is 32.2. The third-order valence-corrected chi connectivity index (χ3v) is 3.66. The summed E-state index contributed by atoms with van der Waals surface area (Å²) in [4.78, 5) is 34.2. The van der Waals surface area contributed by atoms with E-state index in [9.17, 15) is 14.4 Å². The van der Waals surface area contributed by atoms with E-state index >= 15 is 0 Å². The normalized spacial score (nSPS) is 17.7. The second-order valence-electron chi connectivity index (χ2n) is 3.93. The van der Waals surface area contributed by atoms with Crippen molar-refractivity contribution >= 4 is 34.3 Å². The fraction of sp³-hybridized carbons (Fsp3) is 0.154. The number of imide groups is 1. The van der Waals surface area contributed by atoms with E-state index in [1.54, 1.807) is 31.2 Å². The van der Waals surface area contributed by atoms with Crippen molar-refractivity contribution < 1.29 is 14.4 Å². The lowest BCUT2D eigenvalue weighted by Crippen LogP contribution is -2.18. The van der Waals surface area contributed by atoms with Gasteiger partial charge in [0.1, 0.15) is 0 Å². The number of rotatable bonds is 2. The molecule has 2 amide bonds. The molecular weight excluding hydrogens is 250 g/mol. The molecule has 0 saturated carbocycles. The predicted molar refractivity (Wildman–Crippen MR) is 70.2 cm³/mol. The Bertz CT molecular complexity index is 572. The van der Waals surface area contributed by atoms with Gasteiger partial charge in [-0.05, 0) is 36.7 Å². The van der Waals surface area contributed by atoms with E-state index in [-0.39, 0.29) is 16.9 Å². The van der Waals surface area contributed by atoms with Crippen molar-refractivity contribution in [2.45, 2.75) is 13.8 Å². The molecule has 0 atom stereocenters. The third kappa shape index (κ3) is 2.36. The zero-order valence-electron chi connectivity index (χ0n) is 9.94. The van der Waals surface area contributed by atoms with Gasteiger partial charge >= 0.3 is 0 Å². The Labute approximate surface area is 108 Å². The van der Waals surface area contributed by atoms with Crippen molar-refractivity contribution in [3.05, 3.63) is 40.3 Å². The first-order valence-electron chi connectivity index (χ1n) is 5.34. The van der Waals surface area contributed by atoms with E-state index in [1.807, 2.05) is 0 Å². The number of amides is 2. The number of nitrogens with one attached hydrogen (secondary N) is 1. The Morgan fingerprint density at radius 2 is 1.61 bits per heavy atom. The predicted octanol–water partition coefficient (Wildman–Crippen LogP) is 2.60. The number of carbonyl (C=O) groups is 3. The van der Waals surface area contributed by atoms with Crippen molar-refractivity contribution in [3.63, 3.8) is 0 Å². The van der Waals surface area contributed by atoms with Crippen LogP contribution in [0.3, 0.4) is 0 Å². The molecule has 92 valence electrons.